The molecule has 0 spiro atoms. The average molecular weight is 191 g/mol. The molecule has 1 heterocycles. The van der Waals surface area contributed by atoms with Crippen molar-refractivity contribution in [3.63, 3.8) is 0 Å². The number of rotatable bonds is 1. The highest BCUT2D eigenvalue weighted by molar-refractivity contribution is 8.00. The van der Waals surface area contributed by atoms with Gasteiger partial charge in [-0.3, -0.25) is 0 Å². The molecule has 1 nitrogen and oxygen atoms in total. The van der Waals surface area contributed by atoms with Gasteiger partial charge in [-0.05, 0) is 30.9 Å². The Balaban J connectivity index is 2.43. The van der Waals surface area contributed by atoms with E-state index in [4.69, 9.17) is 0 Å². The zero-order valence-corrected chi connectivity index (χ0v) is 8.69. The molecule has 0 saturated carbocycles. The molecule has 13 heavy (non-hydrogen) atoms. The summed E-state index contributed by atoms with van der Waals surface area (Å²) in [5, 5.41) is 0. The Morgan fingerprint density at radius 3 is 2.85 bits per heavy atom. The van der Waals surface area contributed by atoms with E-state index in [2.05, 4.69) is 48.5 Å². The molecule has 0 aliphatic heterocycles. The highest BCUT2D eigenvalue weighted by Crippen LogP contribution is 2.30. The van der Waals surface area contributed by atoms with Gasteiger partial charge in [-0.15, -0.1) is 0 Å². The molecule has 2 heteroatoms. The van der Waals surface area contributed by atoms with E-state index in [9.17, 15) is 0 Å². The van der Waals surface area contributed by atoms with Gasteiger partial charge in [0.25, 0.3) is 0 Å². The second-order valence-electron chi connectivity index (χ2n) is 3.40. The molecule has 1 aliphatic carbocycles. The summed E-state index contributed by atoms with van der Waals surface area (Å²) in [6.07, 6.45) is 12.9. The third-order valence-electron chi connectivity index (χ3n) is 2.43. The molecule has 1 aliphatic rings. The molecular weight excluding hydrogens is 178 g/mol. The minimum absolute atomic E-state index is 0.139. The number of thioether (sulfide) groups is 1. The van der Waals surface area contributed by atoms with Crippen LogP contribution in [0.3, 0.4) is 0 Å². The zero-order chi connectivity index (χ0) is 9.31. The van der Waals surface area contributed by atoms with Crippen LogP contribution in [-0.4, -0.2) is 16.0 Å². The zero-order valence-electron chi connectivity index (χ0n) is 7.87. The molecule has 1 aromatic heterocycles. The summed E-state index contributed by atoms with van der Waals surface area (Å²) < 4.78 is 0.139. The van der Waals surface area contributed by atoms with E-state index in [-0.39, 0.29) is 4.75 Å². The molecule has 0 radical (unpaired) electrons. The van der Waals surface area contributed by atoms with Gasteiger partial charge in [0.2, 0.25) is 0 Å². The van der Waals surface area contributed by atoms with Crippen LogP contribution in [0.25, 0.3) is 12.2 Å². The molecular formula is C11H13NS. The van der Waals surface area contributed by atoms with Gasteiger partial charge >= 0.3 is 0 Å². The quantitative estimate of drug-likeness (QED) is 0.721. The first-order valence-electron chi connectivity index (χ1n) is 4.34. The molecule has 1 N–H and O–H groups in total. The third kappa shape index (κ3) is 1.59. The molecule has 0 fully saturated rings. The summed E-state index contributed by atoms with van der Waals surface area (Å²) in [7, 11) is 0. The van der Waals surface area contributed by atoms with Crippen molar-refractivity contribution in [1.82, 2.24) is 4.98 Å². The van der Waals surface area contributed by atoms with Crippen LogP contribution >= 0.6 is 11.8 Å². The fourth-order valence-corrected chi connectivity index (χ4v) is 1.79. The van der Waals surface area contributed by atoms with Crippen LogP contribution in [0, 0.1) is 0 Å². The summed E-state index contributed by atoms with van der Waals surface area (Å²) in [5.41, 5.74) is 2.48. The minimum Gasteiger partial charge on any atom is -0.361 e. The Kier molecular flexibility index (Phi) is 2.08. The molecule has 68 valence electrons. The van der Waals surface area contributed by atoms with Crippen molar-refractivity contribution in [3.8, 4) is 0 Å². The predicted octanol–water partition coefficient (Wildman–Crippen LogP) is 3.18. The molecule has 2 rings (SSSR count). The van der Waals surface area contributed by atoms with Crippen LogP contribution in [0.15, 0.2) is 24.4 Å². The maximum Gasteiger partial charge on any atom is 0.0494 e. The van der Waals surface area contributed by atoms with E-state index in [1.54, 1.807) is 0 Å². The number of fused-ring (bicyclic) bond motifs is 1. The second-order valence-corrected chi connectivity index (χ2v) is 4.69. The SMILES string of the molecule is CSC1(C)C=Cc2cc[nH]c2C=C1. The van der Waals surface area contributed by atoms with Crippen LogP contribution in [0.5, 0.6) is 0 Å². The Morgan fingerprint density at radius 1 is 1.31 bits per heavy atom. The smallest absolute Gasteiger partial charge is 0.0494 e. The third-order valence-corrected chi connectivity index (χ3v) is 3.58. The lowest BCUT2D eigenvalue weighted by Crippen LogP contribution is -2.10. The van der Waals surface area contributed by atoms with Crippen LogP contribution in [0.2, 0.25) is 0 Å². The molecule has 1 aromatic rings. The summed E-state index contributed by atoms with van der Waals surface area (Å²) in [4.78, 5) is 3.21. The fraction of sp³-hybridized carbons (Fsp3) is 0.273. The van der Waals surface area contributed by atoms with Crippen molar-refractivity contribution >= 4 is 23.9 Å². The average Bonchev–Trinajstić information content (AvgIpc) is 2.54. The largest absolute Gasteiger partial charge is 0.361 e. The minimum atomic E-state index is 0.139. The molecule has 0 saturated heterocycles. The van der Waals surface area contributed by atoms with Crippen LogP contribution < -0.4 is 0 Å². The van der Waals surface area contributed by atoms with E-state index in [0.717, 1.165) is 0 Å². The van der Waals surface area contributed by atoms with E-state index < -0.39 is 0 Å². The lowest BCUT2D eigenvalue weighted by atomic mass is 10.1. The summed E-state index contributed by atoms with van der Waals surface area (Å²) in [6, 6.07) is 2.10. The second kappa shape index (κ2) is 3.11. The van der Waals surface area contributed by atoms with Gasteiger partial charge < -0.3 is 4.98 Å². The summed E-state index contributed by atoms with van der Waals surface area (Å²) >= 11 is 1.85. The molecule has 1 unspecified atom stereocenters. The van der Waals surface area contributed by atoms with Gasteiger partial charge in [-0.1, -0.05) is 18.2 Å². The topological polar surface area (TPSA) is 15.8 Å². The lowest BCUT2D eigenvalue weighted by Gasteiger charge is -2.17. The first kappa shape index (κ1) is 8.70. The molecule has 0 bridgehead atoms. The van der Waals surface area contributed by atoms with Crippen LogP contribution in [-0.2, 0) is 0 Å². The number of hydrogen-bond acceptors (Lipinski definition) is 1. The Hall–Kier alpha value is -0.890. The highest BCUT2D eigenvalue weighted by Gasteiger charge is 2.17. The number of aromatic nitrogens is 1. The number of nitrogens with one attached hydrogen (secondary N) is 1. The molecule has 0 amide bonds. The summed E-state index contributed by atoms with van der Waals surface area (Å²) in [6.45, 7) is 2.22. The van der Waals surface area contributed by atoms with Gasteiger partial charge in [-0.2, -0.15) is 11.8 Å². The Morgan fingerprint density at radius 2 is 2.08 bits per heavy atom. The number of aromatic amines is 1. The first-order valence-corrected chi connectivity index (χ1v) is 5.57. The molecule has 0 aromatic carbocycles. The monoisotopic (exact) mass is 191 g/mol. The van der Waals surface area contributed by atoms with Gasteiger partial charge in [-0.25, -0.2) is 0 Å². The van der Waals surface area contributed by atoms with Crippen molar-refractivity contribution in [1.29, 1.82) is 0 Å². The van der Waals surface area contributed by atoms with E-state index >= 15 is 0 Å². The Bertz CT molecular complexity index is 331. The first-order chi connectivity index (χ1) is 6.23. The van der Waals surface area contributed by atoms with Crippen molar-refractivity contribution in [2.24, 2.45) is 0 Å². The van der Waals surface area contributed by atoms with E-state index in [1.807, 2.05) is 18.0 Å². The van der Waals surface area contributed by atoms with Gasteiger partial charge in [0.05, 0.1) is 0 Å². The van der Waals surface area contributed by atoms with Gasteiger partial charge in [0.15, 0.2) is 0 Å². The highest BCUT2D eigenvalue weighted by atomic mass is 32.2. The van der Waals surface area contributed by atoms with Crippen molar-refractivity contribution in [3.05, 3.63) is 35.7 Å². The van der Waals surface area contributed by atoms with Crippen LogP contribution in [0.1, 0.15) is 18.2 Å². The van der Waals surface area contributed by atoms with Crippen molar-refractivity contribution in [2.45, 2.75) is 11.7 Å². The summed E-state index contributed by atoms with van der Waals surface area (Å²) in [5.74, 6) is 0. The number of H-pyrrole nitrogens is 1. The van der Waals surface area contributed by atoms with Crippen LogP contribution in [0.4, 0.5) is 0 Å². The van der Waals surface area contributed by atoms with E-state index in [0.29, 0.717) is 0 Å². The standard InChI is InChI=1S/C11H13NS/c1-11(13-2)6-3-9-5-8-12-10(9)4-7-11/h3-8,12H,1-2H3. The van der Waals surface area contributed by atoms with Crippen molar-refractivity contribution < 1.29 is 0 Å². The van der Waals surface area contributed by atoms with Crippen molar-refractivity contribution in [2.75, 3.05) is 6.26 Å². The van der Waals surface area contributed by atoms with Gasteiger partial charge in [0.1, 0.15) is 0 Å². The predicted molar refractivity (Wildman–Crippen MR) is 60.8 cm³/mol. The maximum atomic E-state index is 3.21. The van der Waals surface area contributed by atoms with Gasteiger partial charge in [0, 0.05) is 16.6 Å². The maximum absolute atomic E-state index is 3.21. The lowest BCUT2D eigenvalue weighted by molar-refractivity contribution is 1.03. The van der Waals surface area contributed by atoms with E-state index in [1.165, 1.54) is 11.3 Å². The Labute approximate surface area is 82.9 Å². The number of hydrogen-bond donors (Lipinski definition) is 1. The fourth-order valence-electron chi connectivity index (χ4n) is 1.38. The normalized spacial score (nSPS) is 25.7. The molecule has 1 atom stereocenters.